The lowest BCUT2D eigenvalue weighted by molar-refractivity contribution is -0.139. The van der Waals surface area contributed by atoms with Crippen molar-refractivity contribution in [1.82, 2.24) is 0 Å². The molecule has 0 unspecified atom stereocenters. The number of carbonyl (C=O) groups excluding carboxylic acids is 2. The van der Waals surface area contributed by atoms with Gasteiger partial charge in [-0.3, -0.25) is 4.79 Å². The van der Waals surface area contributed by atoms with Crippen LogP contribution >= 0.6 is 0 Å². The monoisotopic (exact) mass is 224 g/mol. The molecule has 0 aromatic heterocycles. The van der Waals surface area contributed by atoms with Crippen molar-refractivity contribution in [1.29, 1.82) is 0 Å². The Kier molecular flexibility index (Phi) is 6.59. The topological polar surface area (TPSA) is 52.6 Å². The Morgan fingerprint density at radius 2 is 1.88 bits per heavy atom. The molecule has 0 atom stereocenters. The van der Waals surface area contributed by atoms with E-state index < -0.39 is 11.9 Å². The SMILES string of the molecule is C=C/C(C(=O)OC)=C(\C=C/C)CC(=O)OC. The average molecular weight is 224 g/mol. The summed E-state index contributed by atoms with van der Waals surface area (Å²) in [5, 5.41) is 0. The Bertz CT molecular complexity index is 337. The lowest BCUT2D eigenvalue weighted by atomic mass is 10.0. The van der Waals surface area contributed by atoms with Gasteiger partial charge in [0, 0.05) is 0 Å². The van der Waals surface area contributed by atoms with Crippen LogP contribution in [0.25, 0.3) is 0 Å². The summed E-state index contributed by atoms with van der Waals surface area (Å²) in [5.74, 6) is -0.941. The molecule has 88 valence electrons. The van der Waals surface area contributed by atoms with E-state index in [0.29, 0.717) is 5.57 Å². The quantitative estimate of drug-likeness (QED) is 0.406. The van der Waals surface area contributed by atoms with Gasteiger partial charge in [-0.05, 0) is 12.5 Å². The van der Waals surface area contributed by atoms with Gasteiger partial charge in [-0.25, -0.2) is 4.79 Å². The average Bonchev–Trinajstić information content (AvgIpc) is 2.29. The summed E-state index contributed by atoms with van der Waals surface area (Å²) in [6.45, 7) is 5.31. The van der Waals surface area contributed by atoms with E-state index >= 15 is 0 Å². The van der Waals surface area contributed by atoms with Crippen LogP contribution in [0.2, 0.25) is 0 Å². The van der Waals surface area contributed by atoms with Gasteiger partial charge >= 0.3 is 11.9 Å². The minimum atomic E-state index is -0.521. The maximum absolute atomic E-state index is 11.4. The molecular formula is C12H16O4. The van der Waals surface area contributed by atoms with Crippen molar-refractivity contribution >= 4 is 11.9 Å². The van der Waals surface area contributed by atoms with Crippen molar-refractivity contribution in [3.63, 3.8) is 0 Å². The van der Waals surface area contributed by atoms with Crippen LogP contribution in [0.15, 0.2) is 36.0 Å². The highest BCUT2D eigenvalue weighted by molar-refractivity contribution is 5.94. The van der Waals surface area contributed by atoms with Gasteiger partial charge in [-0.2, -0.15) is 0 Å². The first-order valence-electron chi connectivity index (χ1n) is 4.74. The molecule has 0 rings (SSSR count). The molecule has 0 saturated carbocycles. The Hall–Kier alpha value is -1.84. The van der Waals surface area contributed by atoms with Crippen molar-refractivity contribution in [2.75, 3.05) is 14.2 Å². The molecule has 4 nitrogen and oxygen atoms in total. The molecular weight excluding hydrogens is 208 g/mol. The third kappa shape index (κ3) is 4.13. The zero-order chi connectivity index (χ0) is 12.6. The van der Waals surface area contributed by atoms with Crippen molar-refractivity contribution in [2.45, 2.75) is 13.3 Å². The molecule has 0 saturated heterocycles. The van der Waals surface area contributed by atoms with Crippen LogP contribution in [0.3, 0.4) is 0 Å². The van der Waals surface area contributed by atoms with Crippen LogP contribution in [-0.2, 0) is 19.1 Å². The molecule has 0 aliphatic rings. The van der Waals surface area contributed by atoms with Gasteiger partial charge in [-0.1, -0.05) is 24.8 Å². The molecule has 0 spiro atoms. The Morgan fingerprint density at radius 3 is 2.25 bits per heavy atom. The number of rotatable bonds is 5. The van der Waals surface area contributed by atoms with Crippen LogP contribution in [0.4, 0.5) is 0 Å². The standard InChI is InChI=1S/C12H16O4/c1-5-7-9(8-11(13)15-3)10(6-2)12(14)16-4/h5-7H,2,8H2,1,3-4H3/b7-5-,10-9-. The molecule has 0 fully saturated rings. The van der Waals surface area contributed by atoms with Gasteiger partial charge in [0.2, 0.25) is 0 Å². The number of hydrogen-bond acceptors (Lipinski definition) is 4. The molecule has 0 N–H and O–H groups in total. The van der Waals surface area contributed by atoms with Gasteiger partial charge in [-0.15, -0.1) is 0 Å². The van der Waals surface area contributed by atoms with E-state index in [1.54, 1.807) is 19.1 Å². The normalized spacial score (nSPS) is 11.9. The van der Waals surface area contributed by atoms with Crippen LogP contribution in [0.5, 0.6) is 0 Å². The Labute approximate surface area is 95.2 Å². The summed E-state index contributed by atoms with van der Waals surface area (Å²) in [4.78, 5) is 22.5. The highest BCUT2D eigenvalue weighted by Crippen LogP contribution is 2.14. The summed E-state index contributed by atoms with van der Waals surface area (Å²) < 4.78 is 9.13. The highest BCUT2D eigenvalue weighted by atomic mass is 16.5. The fourth-order valence-corrected chi connectivity index (χ4v) is 1.13. The third-order valence-corrected chi connectivity index (χ3v) is 1.89. The first-order chi connectivity index (χ1) is 7.60. The van der Waals surface area contributed by atoms with Crippen LogP contribution in [0, 0.1) is 0 Å². The second kappa shape index (κ2) is 7.45. The van der Waals surface area contributed by atoms with E-state index in [1.807, 2.05) is 0 Å². The lowest BCUT2D eigenvalue weighted by Gasteiger charge is -2.06. The summed E-state index contributed by atoms with van der Waals surface area (Å²) >= 11 is 0. The van der Waals surface area contributed by atoms with Crippen LogP contribution in [0.1, 0.15) is 13.3 Å². The van der Waals surface area contributed by atoms with Gasteiger partial charge in [0.1, 0.15) is 0 Å². The van der Waals surface area contributed by atoms with E-state index in [1.165, 1.54) is 20.3 Å². The number of methoxy groups -OCH3 is 2. The van der Waals surface area contributed by atoms with Crippen molar-refractivity contribution < 1.29 is 19.1 Å². The van der Waals surface area contributed by atoms with E-state index in [0.717, 1.165) is 0 Å². The molecule has 0 aliphatic heterocycles. The maximum atomic E-state index is 11.4. The van der Waals surface area contributed by atoms with Crippen molar-refractivity contribution in [2.24, 2.45) is 0 Å². The van der Waals surface area contributed by atoms with E-state index in [9.17, 15) is 9.59 Å². The van der Waals surface area contributed by atoms with E-state index in [2.05, 4.69) is 16.1 Å². The third-order valence-electron chi connectivity index (χ3n) is 1.89. The van der Waals surface area contributed by atoms with Crippen molar-refractivity contribution in [3.05, 3.63) is 36.0 Å². The molecule has 0 amide bonds. The van der Waals surface area contributed by atoms with Crippen molar-refractivity contribution in [3.8, 4) is 0 Å². The van der Waals surface area contributed by atoms with Crippen LogP contribution in [-0.4, -0.2) is 26.2 Å². The maximum Gasteiger partial charge on any atom is 0.338 e. The zero-order valence-electron chi connectivity index (χ0n) is 9.78. The molecule has 0 heterocycles. The number of allylic oxidation sites excluding steroid dienone is 2. The first kappa shape index (κ1) is 14.2. The Balaban J connectivity index is 5.24. The predicted octanol–water partition coefficient (Wildman–Crippen LogP) is 1.78. The Morgan fingerprint density at radius 1 is 1.25 bits per heavy atom. The fraction of sp³-hybridized carbons (Fsp3) is 0.333. The smallest absolute Gasteiger partial charge is 0.338 e. The summed E-state index contributed by atoms with van der Waals surface area (Å²) in [6.07, 6.45) is 4.76. The summed E-state index contributed by atoms with van der Waals surface area (Å²) in [5.41, 5.74) is 0.794. The second-order valence-corrected chi connectivity index (χ2v) is 2.89. The molecule has 0 aliphatic carbocycles. The fourth-order valence-electron chi connectivity index (χ4n) is 1.13. The van der Waals surface area contributed by atoms with Gasteiger partial charge in [0.25, 0.3) is 0 Å². The van der Waals surface area contributed by atoms with E-state index in [4.69, 9.17) is 0 Å². The summed E-state index contributed by atoms with van der Waals surface area (Å²) in [7, 11) is 2.57. The summed E-state index contributed by atoms with van der Waals surface area (Å²) in [6, 6.07) is 0. The number of esters is 2. The molecule has 0 aromatic rings. The number of ether oxygens (including phenoxy) is 2. The molecule has 0 aromatic carbocycles. The minimum Gasteiger partial charge on any atom is -0.469 e. The first-order valence-corrected chi connectivity index (χ1v) is 4.74. The highest BCUT2D eigenvalue weighted by Gasteiger charge is 2.14. The molecule has 4 heteroatoms. The second-order valence-electron chi connectivity index (χ2n) is 2.89. The van der Waals surface area contributed by atoms with Crippen LogP contribution < -0.4 is 0 Å². The lowest BCUT2D eigenvalue weighted by Crippen LogP contribution is -2.09. The largest absolute Gasteiger partial charge is 0.469 e. The van der Waals surface area contributed by atoms with Gasteiger partial charge in [0.15, 0.2) is 0 Å². The minimum absolute atomic E-state index is 0.0112. The predicted molar refractivity (Wildman–Crippen MR) is 60.7 cm³/mol. The number of hydrogen-bond donors (Lipinski definition) is 0. The zero-order valence-corrected chi connectivity index (χ0v) is 9.78. The number of carbonyl (C=O) groups is 2. The molecule has 0 radical (unpaired) electrons. The van der Waals surface area contributed by atoms with E-state index in [-0.39, 0.29) is 12.0 Å². The molecule has 16 heavy (non-hydrogen) atoms. The van der Waals surface area contributed by atoms with Gasteiger partial charge < -0.3 is 9.47 Å². The molecule has 0 bridgehead atoms. The van der Waals surface area contributed by atoms with Gasteiger partial charge in [0.05, 0.1) is 26.2 Å².